The topological polar surface area (TPSA) is 84.2 Å². The SMILES string of the molecule is Cc1cc(C(=O)NCC(=O)NCC(C)C)ccc1N. The lowest BCUT2D eigenvalue weighted by atomic mass is 10.1. The Balaban J connectivity index is 2.47. The average molecular weight is 263 g/mol. The van der Waals surface area contributed by atoms with Crippen LogP contribution in [-0.4, -0.2) is 24.9 Å². The summed E-state index contributed by atoms with van der Waals surface area (Å²) in [5.74, 6) is -0.0728. The van der Waals surface area contributed by atoms with Crippen LogP contribution in [0.1, 0.15) is 29.8 Å². The molecule has 0 spiro atoms. The Morgan fingerprint density at radius 3 is 2.53 bits per heavy atom. The lowest BCUT2D eigenvalue weighted by molar-refractivity contribution is -0.120. The Hall–Kier alpha value is -2.04. The molecule has 19 heavy (non-hydrogen) atoms. The molecule has 5 nitrogen and oxygen atoms in total. The first-order valence-corrected chi connectivity index (χ1v) is 6.31. The lowest BCUT2D eigenvalue weighted by Gasteiger charge is -2.09. The van der Waals surface area contributed by atoms with Crippen LogP contribution in [0.4, 0.5) is 5.69 Å². The molecule has 1 rings (SSSR count). The van der Waals surface area contributed by atoms with Crippen molar-refractivity contribution in [3.05, 3.63) is 29.3 Å². The normalized spacial score (nSPS) is 10.3. The highest BCUT2D eigenvalue weighted by molar-refractivity contribution is 5.96. The predicted molar refractivity (Wildman–Crippen MR) is 75.8 cm³/mol. The van der Waals surface area contributed by atoms with Gasteiger partial charge in [-0.05, 0) is 36.6 Å². The Labute approximate surface area is 113 Å². The number of benzene rings is 1. The molecule has 1 aromatic carbocycles. The molecule has 0 aliphatic heterocycles. The Kier molecular flexibility index (Phi) is 5.36. The van der Waals surface area contributed by atoms with Crippen molar-refractivity contribution < 1.29 is 9.59 Å². The molecule has 0 heterocycles. The number of carbonyl (C=O) groups is 2. The fourth-order valence-corrected chi connectivity index (χ4v) is 1.46. The smallest absolute Gasteiger partial charge is 0.251 e. The molecule has 0 atom stereocenters. The summed E-state index contributed by atoms with van der Waals surface area (Å²) in [5.41, 5.74) is 7.68. The van der Waals surface area contributed by atoms with Gasteiger partial charge in [0.25, 0.3) is 5.91 Å². The highest BCUT2D eigenvalue weighted by atomic mass is 16.2. The van der Waals surface area contributed by atoms with Gasteiger partial charge in [0.05, 0.1) is 6.54 Å². The van der Waals surface area contributed by atoms with E-state index in [9.17, 15) is 9.59 Å². The first kappa shape index (κ1) is 15.0. The molecule has 2 amide bonds. The van der Waals surface area contributed by atoms with Gasteiger partial charge in [0.2, 0.25) is 5.91 Å². The van der Waals surface area contributed by atoms with Gasteiger partial charge >= 0.3 is 0 Å². The van der Waals surface area contributed by atoms with E-state index in [1.807, 2.05) is 20.8 Å². The van der Waals surface area contributed by atoms with Gasteiger partial charge in [0, 0.05) is 17.8 Å². The molecule has 0 saturated heterocycles. The van der Waals surface area contributed by atoms with Gasteiger partial charge in [-0.25, -0.2) is 0 Å². The first-order valence-electron chi connectivity index (χ1n) is 6.31. The molecule has 0 bridgehead atoms. The molecule has 0 unspecified atom stereocenters. The first-order chi connectivity index (χ1) is 8.90. The number of hydrogen-bond acceptors (Lipinski definition) is 3. The second-order valence-corrected chi connectivity index (χ2v) is 4.95. The molecule has 1 aromatic rings. The summed E-state index contributed by atoms with van der Waals surface area (Å²) in [6, 6.07) is 5.03. The molecule has 0 aromatic heterocycles. The summed E-state index contributed by atoms with van der Waals surface area (Å²) in [5, 5.41) is 5.31. The highest BCUT2D eigenvalue weighted by Crippen LogP contribution is 2.12. The molecule has 0 saturated carbocycles. The number of nitrogens with two attached hydrogens (primary N) is 1. The molecular weight excluding hydrogens is 242 g/mol. The van der Waals surface area contributed by atoms with Crippen molar-refractivity contribution in [1.82, 2.24) is 10.6 Å². The maximum Gasteiger partial charge on any atom is 0.251 e. The van der Waals surface area contributed by atoms with Crippen molar-refractivity contribution >= 4 is 17.5 Å². The summed E-state index contributed by atoms with van der Waals surface area (Å²) >= 11 is 0. The number of amides is 2. The van der Waals surface area contributed by atoms with Gasteiger partial charge < -0.3 is 16.4 Å². The maximum absolute atomic E-state index is 11.8. The lowest BCUT2D eigenvalue weighted by Crippen LogP contribution is -2.38. The van der Waals surface area contributed by atoms with Crippen molar-refractivity contribution in [2.45, 2.75) is 20.8 Å². The van der Waals surface area contributed by atoms with Gasteiger partial charge in [0.15, 0.2) is 0 Å². The second kappa shape index (κ2) is 6.78. The van der Waals surface area contributed by atoms with Crippen LogP contribution in [0.15, 0.2) is 18.2 Å². The van der Waals surface area contributed by atoms with E-state index in [0.717, 1.165) is 5.56 Å². The monoisotopic (exact) mass is 263 g/mol. The zero-order valence-electron chi connectivity index (χ0n) is 11.6. The molecule has 4 N–H and O–H groups in total. The van der Waals surface area contributed by atoms with Crippen LogP contribution in [0.2, 0.25) is 0 Å². The van der Waals surface area contributed by atoms with Crippen molar-refractivity contribution in [3.8, 4) is 0 Å². The number of anilines is 1. The number of carbonyl (C=O) groups excluding carboxylic acids is 2. The average Bonchev–Trinajstić information content (AvgIpc) is 2.36. The van der Waals surface area contributed by atoms with Crippen LogP contribution in [0.5, 0.6) is 0 Å². The Morgan fingerprint density at radius 2 is 1.95 bits per heavy atom. The number of aryl methyl sites for hydroxylation is 1. The quantitative estimate of drug-likeness (QED) is 0.695. The third kappa shape index (κ3) is 4.99. The van der Waals surface area contributed by atoms with E-state index in [1.165, 1.54) is 0 Å². The number of rotatable bonds is 5. The third-order valence-corrected chi connectivity index (χ3v) is 2.65. The van der Waals surface area contributed by atoms with E-state index >= 15 is 0 Å². The van der Waals surface area contributed by atoms with E-state index in [4.69, 9.17) is 5.73 Å². The minimum absolute atomic E-state index is 0.0189. The van der Waals surface area contributed by atoms with Crippen molar-refractivity contribution in [2.75, 3.05) is 18.8 Å². The van der Waals surface area contributed by atoms with Gasteiger partial charge in [-0.15, -0.1) is 0 Å². The zero-order chi connectivity index (χ0) is 14.4. The summed E-state index contributed by atoms with van der Waals surface area (Å²) in [7, 11) is 0. The van der Waals surface area contributed by atoms with Crippen LogP contribution in [-0.2, 0) is 4.79 Å². The van der Waals surface area contributed by atoms with Crippen LogP contribution in [0, 0.1) is 12.8 Å². The minimum atomic E-state index is -0.275. The highest BCUT2D eigenvalue weighted by Gasteiger charge is 2.09. The van der Waals surface area contributed by atoms with Crippen LogP contribution in [0.25, 0.3) is 0 Å². The molecule has 5 heteroatoms. The largest absolute Gasteiger partial charge is 0.399 e. The number of nitrogens with one attached hydrogen (secondary N) is 2. The van der Waals surface area contributed by atoms with E-state index in [0.29, 0.717) is 23.7 Å². The summed E-state index contributed by atoms with van der Waals surface area (Å²) in [6.45, 7) is 6.44. The van der Waals surface area contributed by atoms with E-state index < -0.39 is 0 Å². The van der Waals surface area contributed by atoms with Crippen molar-refractivity contribution in [2.24, 2.45) is 5.92 Å². The molecule has 0 aliphatic rings. The number of nitrogen functional groups attached to an aromatic ring is 1. The van der Waals surface area contributed by atoms with Gasteiger partial charge in [-0.3, -0.25) is 9.59 Å². The predicted octanol–water partition coefficient (Wildman–Crippen LogP) is 1.08. The van der Waals surface area contributed by atoms with E-state index in [2.05, 4.69) is 10.6 Å². The molecule has 0 fully saturated rings. The standard InChI is InChI=1S/C14H21N3O2/c1-9(2)7-16-13(18)8-17-14(19)11-4-5-12(15)10(3)6-11/h4-6,9H,7-8,15H2,1-3H3,(H,16,18)(H,17,19). The number of hydrogen-bond donors (Lipinski definition) is 3. The van der Waals surface area contributed by atoms with Crippen LogP contribution < -0.4 is 16.4 Å². The van der Waals surface area contributed by atoms with Gasteiger partial charge in [-0.2, -0.15) is 0 Å². The maximum atomic E-state index is 11.8. The zero-order valence-corrected chi connectivity index (χ0v) is 11.6. The molecule has 104 valence electrons. The van der Waals surface area contributed by atoms with E-state index in [-0.39, 0.29) is 18.4 Å². The minimum Gasteiger partial charge on any atom is -0.399 e. The summed E-state index contributed by atoms with van der Waals surface area (Å²) in [6.07, 6.45) is 0. The summed E-state index contributed by atoms with van der Waals surface area (Å²) < 4.78 is 0. The second-order valence-electron chi connectivity index (χ2n) is 4.95. The molecule has 0 radical (unpaired) electrons. The van der Waals surface area contributed by atoms with Crippen molar-refractivity contribution in [1.29, 1.82) is 0 Å². The fraction of sp³-hybridized carbons (Fsp3) is 0.429. The van der Waals surface area contributed by atoms with Crippen LogP contribution in [0.3, 0.4) is 0 Å². The molecule has 0 aliphatic carbocycles. The summed E-state index contributed by atoms with van der Waals surface area (Å²) in [4.78, 5) is 23.3. The van der Waals surface area contributed by atoms with Crippen molar-refractivity contribution in [3.63, 3.8) is 0 Å². The van der Waals surface area contributed by atoms with Crippen LogP contribution >= 0.6 is 0 Å². The van der Waals surface area contributed by atoms with E-state index in [1.54, 1.807) is 18.2 Å². The Bertz CT molecular complexity index is 470. The van der Waals surface area contributed by atoms with Gasteiger partial charge in [-0.1, -0.05) is 13.8 Å². The third-order valence-electron chi connectivity index (χ3n) is 2.65. The molecular formula is C14H21N3O2. The van der Waals surface area contributed by atoms with Gasteiger partial charge in [0.1, 0.15) is 0 Å². The fourth-order valence-electron chi connectivity index (χ4n) is 1.46. The Morgan fingerprint density at radius 1 is 1.26 bits per heavy atom.